The Morgan fingerprint density at radius 1 is 1.40 bits per heavy atom. The van der Waals surface area contributed by atoms with Gasteiger partial charge in [0.15, 0.2) is 0 Å². The molecule has 0 amide bonds. The second-order valence-corrected chi connectivity index (χ2v) is 1.55. The molecule has 5 heteroatoms. The summed E-state index contributed by atoms with van der Waals surface area (Å²) >= 11 is -3.61. The van der Waals surface area contributed by atoms with Gasteiger partial charge in [-0.25, -0.2) is 0 Å². The fourth-order valence-corrected chi connectivity index (χ4v) is 0. The molecule has 0 atom stereocenters. The number of hydrogen-bond donors (Lipinski definition) is 2. The molecule has 5 heavy (non-hydrogen) atoms. The van der Waals surface area contributed by atoms with Crippen LogP contribution in [0.3, 0.4) is 0 Å². The summed E-state index contributed by atoms with van der Waals surface area (Å²) in [6, 6.07) is 0. The Labute approximate surface area is 49.3 Å². The van der Waals surface area contributed by atoms with Crippen molar-refractivity contribution < 1.29 is 10.0 Å². The van der Waals surface area contributed by atoms with E-state index >= 15 is 0 Å². The van der Waals surface area contributed by atoms with Crippen molar-refractivity contribution in [3.05, 3.63) is 0 Å². The van der Waals surface area contributed by atoms with Gasteiger partial charge in [-0.05, 0) is 0 Å². The first-order valence-electron chi connectivity index (χ1n) is 0.532. The van der Waals surface area contributed by atoms with Crippen molar-refractivity contribution in [1.29, 1.82) is 0 Å². The Morgan fingerprint density at radius 2 is 1.40 bits per heavy atom. The van der Waals surface area contributed by atoms with Crippen LogP contribution in [-0.2, 0) is 3.10 Å². The van der Waals surface area contributed by atoms with Gasteiger partial charge in [-0.3, -0.25) is 0 Å². The van der Waals surface area contributed by atoms with Gasteiger partial charge in [0.1, 0.15) is 0 Å². The summed E-state index contributed by atoms with van der Waals surface area (Å²) < 4.78 is 23.3. The van der Waals surface area contributed by atoms with E-state index in [1.165, 1.54) is 0 Å². The van der Waals surface area contributed by atoms with Crippen molar-refractivity contribution in [3.63, 3.8) is 0 Å². The molecule has 0 bridgehead atoms. The van der Waals surface area contributed by atoms with Crippen LogP contribution in [0.15, 0.2) is 0 Å². The fourth-order valence-electron chi connectivity index (χ4n) is 0. The first-order chi connectivity index (χ1) is 1.73. The average molecular weight is 186 g/mol. The molecule has 0 aliphatic carbocycles. The zero-order valence-corrected chi connectivity index (χ0v) is 4.04. The normalized spacial score (nSPS) is 7.00. The van der Waals surface area contributed by atoms with Gasteiger partial charge < -0.3 is 0 Å². The first kappa shape index (κ1) is 9.44. The summed E-state index contributed by atoms with van der Waals surface area (Å²) in [4.78, 5) is 0. The average Bonchev–Trinajstić information content (AvgIpc) is 0.811. The van der Waals surface area contributed by atoms with Gasteiger partial charge in [0, 0.05) is 0 Å². The van der Waals surface area contributed by atoms with E-state index in [0.29, 0.717) is 0 Å². The maximum atomic E-state index is 8.81. The van der Waals surface area contributed by atoms with Crippen molar-refractivity contribution in [2.45, 2.75) is 0 Å². The van der Waals surface area contributed by atoms with E-state index in [9.17, 15) is 0 Å². The molecular formula is H3LiO3Te. The predicted molar refractivity (Wildman–Crippen MR) is 18.0 cm³/mol. The molecule has 0 spiro atoms. The number of rotatable bonds is 0. The second-order valence-electron chi connectivity index (χ2n) is 0.231. The van der Waals surface area contributed by atoms with E-state index in [-0.39, 0.29) is 18.9 Å². The van der Waals surface area contributed by atoms with Crippen LogP contribution >= 0.6 is 0 Å². The molecule has 0 aliphatic rings. The molecule has 3 nitrogen and oxygen atoms in total. The van der Waals surface area contributed by atoms with Crippen LogP contribution in [0.1, 0.15) is 0 Å². The molecule has 0 aromatic rings. The van der Waals surface area contributed by atoms with Crippen molar-refractivity contribution >= 4 is 39.2 Å². The van der Waals surface area contributed by atoms with Gasteiger partial charge in [0.2, 0.25) is 0 Å². The van der Waals surface area contributed by atoms with Gasteiger partial charge in [-0.2, -0.15) is 0 Å². The zero-order chi connectivity index (χ0) is 3.58. The van der Waals surface area contributed by atoms with Crippen molar-refractivity contribution in [2.24, 2.45) is 0 Å². The van der Waals surface area contributed by atoms with Gasteiger partial charge in [-0.15, -0.1) is 0 Å². The van der Waals surface area contributed by atoms with Crippen LogP contribution in [0, 0.1) is 0 Å². The summed E-state index contributed by atoms with van der Waals surface area (Å²) in [5.74, 6) is 0. The molecule has 0 rings (SSSR count). The van der Waals surface area contributed by atoms with E-state index in [4.69, 9.17) is 10.0 Å². The van der Waals surface area contributed by atoms with Gasteiger partial charge in [-0.1, -0.05) is 0 Å². The van der Waals surface area contributed by atoms with E-state index in [0.717, 1.165) is 0 Å². The zero-order valence-electron chi connectivity index (χ0n) is 1.71. The molecule has 2 N–H and O–H groups in total. The first-order valence-corrected chi connectivity index (χ1v) is 3.57. The molecular weight excluding hydrogens is 183 g/mol. The van der Waals surface area contributed by atoms with Crippen LogP contribution in [-0.4, -0.2) is 46.2 Å². The van der Waals surface area contributed by atoms with Crippen LogP contribution < -0.4 is 0 Å². The summed E-state index contributed by atoms with van der Waals surface area (Å²) in [6.45, 7) is 0. The molecule has 0 aromatic carbocycles. The maximum absolute atomic E-state index is 8.81. The molecule has 0 heterocycles. The monoisotopic (exact) mass is 188 g/mol. The molecule has 0 unspecified atom stereocenters. The Hall–Kier alpha value is 1.11. The molecule has 0 aromatic heterocycles. The van der Waals surface area contributed by atoms with Gasteiger partial charge in [0.25, 0.3) is 0 Å². The molecule has 0 fully saturated rings. The van der Waals surface area contributed by atoms with E-state index in [2.05, 4.69) is 0 Å². The Kier molecular flexibility index (Phi) is 9.65. The SMILES string of the molecule is O=[Te](O)O.[LiH]. The molecule has 0 radical (unpaired) electrons. The Balaban J connectivity index is 0. The van der Waals surface area contributed by atoms with Gasteiger partial charge >= 0.3 is 49.3 Å². The minimum atomic E-state index is -3.61. The van der Waals surface area contributed by atoms with Gasteiger partial charge in [0.05, 0.1) is 0 Å². The minimum absolute atomic E-state index is 0. The topological polar surface area (TPSA) is 57.5 Å². The summed E-state index contributed by atoms with van der Waals surface area (Å²) in [7, 11) is 0. The van der Waals surface area contributed by atoms with Crippen LogP contribution in [0.25, 0.3) is 0 Å². The van der Waals surface area contributed by atoms with Crippen LogP contribution in [0.2, 0.25) is 0 Å². The van der Waals surface area contributed by atoms with Crippen molar-refractivity contribution in [2.75, 3.05) is 0 Å². The summed E-state index contributed by atoms with van der Waals surface area (Å²) in [5.41, 5.74) is 0. The van der Waals surface area contributed by atoms with Crippen molar-refractivity contribution in [3.8, 4) is 0 Å². The van der Waals surface area contributed by atoms with E-state index < -0.39 is 20.4 Å². The number of hydrogen-bond acceptors (Lipinski definition) is 1. The Morgan fingerprint density at radius 3 is 1.40 bits per heavy atom. The fraction of sp³-hybridized carbons (Fsp3) is 0. The second kappa shape index (κ2) is 5.11. The third-order valence-corrected chi connectivity index (χ3v) is 0. The van der Waals surface area contributed by atoms with Crippen molar-refractivity contribution in [1.82, 2.24) is 0 Å². The molecule has 0 saturated heterocycles. The molecule has 28 valence electrons. The van der Waals surface area contributed by atoms with Crippen LogP contribution in [0.4, 0.5) is 0 Å². The predicted octanol–water partition coefficient (Wildman–Crippen LogP) is -2.26. The van der Waals surface area contributed by atoms with Crippen LogP contribution in [0.5, 0.6) is 0 Å². The summed E-state index contributed by atoms with van der Waals surface area (Å²) in [6.07, 6.45) is 0. The quantitative estimate of drug-likeness (QED) is 0.419. The van der Waals surface area contributed by atoms with E-state index in [1.807, 2.05) is 0 Å². The molecule has 0 aliphatic heterocycles. The third kappa shape index (κ3) is 40.2. The molecule has 0 saturated carbocycles. The summed E-state index contributed by atoms with van der Waals surface area (Å²) in [5, 5.41) is 0. The van der Waals surface area contributed by atoms with E-state index in [1.54, 1.807) is 0 Å². The standard InChI is InChI=1S/Li.H2O3Te.H/c;1-4(2)3;/h;(H2,1,2,3);. The Bertz CT molecular complexity index is 29.9. The third-order valence-electron chi connectivity index (χ3n) is 0.